The van der Waals surface area contributed by atoms with Gasteiger partial charge in [-0.25, -0.2) is 17.6 Å². The van der Waals surface area contributed by atoms with E-state index in [0.717, 1.165) is 27.8 Å². The Morgan fingerprint density at radius 3 is 2.40 bits per heavy atom. The Morgan fingerprint density at radius 1 is 1.07 bits per heavy atom. The molecule has 0 unspecified atom stereocenters. The van der Waals surface area contributed by atoms with Gasteiger partial charge < -0.3 is 10.1 Å². The third kappa shape index (κ3) is 4.66. The van der Waals surface area contributed by atoms with Gasteiger partial charge in [0.25, 0.3) is 10.0 Å². The van der Waals surface area contributed by atoms with Gasteiger partial charge in [0.1, 0.15) is 16.6 Å². The first-order valence-electron chi connectivity index (χ1n) is 8.62. The van der Waals surface area contributed by atoms with E-state index in [1.54, 1.807) is 23.6 Å². The summed E-state index contributed by atoms with van der Waals surface area (Å²) in [5.74, 6) is -1.87. The van der Waals surface area contributed by atoms with E-state index in [4.69, 9.17) is 4.74 Å². The summed E-state index contributed by atoms with van der Waals surface area (Å²) in [7, 11) is -2.85. The number of rotatable bonds is 7. The lowest BCUT2D eigenvalue weighted by molar-refractivity contribution is -0.114. The van der Waals surface area contributed by atoms with Crippen LogP contribution in [0.1, 0.15) is 10.4 Å². The topological polar surface area (TPSA) is 92.8 Å². The zero-order valence-corrected chi connectivity index (χ0v) is 17.4. The van der Waals surface area contributed by atoms with Crippen molar-refractivity contribution in [2.24, 2.45) is 0 Å². The van der Waals surface area contributed by atoms with Crippen molar-refractivity contribution in [2.45, 2.75) is 4.21 Å². The molecule has 0 radical (unpaired) electrons. The van der Waals surface area contributed by atoms with Crippen molar-refractivity contribution in [1.82, 2.24) is 0 Å². The minimum absolute atomic E-state index is 0.0367. The van der Waals surface area contributed by atoms with Gasteiger partial charge in [0, 0.05) is 0 Å². The van der Waals surface area contributed by atoms with Crippen molar-refractivity contribution in [2.75, 3.05) is 23.3 Å². The van der Waals surface area contributed by atoms with E-state index in [-0.39, 0.29) is 21.1 Å². The summed E-state index contributed by atoms with van der Waals surface area (Å²) in [6, 6.07) is 14.0. The summed E-state index contributed by atoms with van der Waals surface area (Å²) in [4.78, 5) is 24.6. The lowest BCUT2D eigenvalue weighted by atomic mass is 10.2. The highest BCUT2D eigenvalue weighted by molar-refractivity contribution is 7.94. The highest BCUT2D eigenvalue weighted by Gasteiger charge is 2.28. The van der Waals surface area contributed by atoms with E-state index in [2.05, 4.69) is 5.32 Å². The minimum Gasteiger partial charge on any atom is -0.465 e. The zero-order valence-electron chi connectivity index (χ0n) is 15.7. The number of carbonyl (C=O) groups is 2. The monoisotopic (exact) mass is 448 g/mol. The molecule has 30 heavy (non-hydrogen) atoms. The average Bonchev–Trinajstić information content (AvgIpc) is 3.28. The van der Waals surface area contributed by atoms with Crippen LogP contribution in [0, 0.1) is 5.82 Å². The normalized spacial score (nSPS) is 11.0. The molecule has 3 rings (SSSR count). The van der Waals surface area contributed by atoms with Gasteiger partial charge in [-0.05, 0) is 47.8 Å². The first kappa shape index (κ1) is 21.5. The first-order chi connectivity index (χ1) is 14.3. The van der Waals surface area contributed by atoms with Crippen LogP contribution in [0.2, 0.25) is 0 Å². The maximum atomic E-state index is 13.3. The maximum Gasteiger partial charge on any atom is 0.339 e. The fourth-order valence-corrected chi connectivity index (χ4v) is 5.17. The fraction of sp³-hybridized carbons (Fsp3) is 0.100. The van der Waals surface area contributed by atoms with Gasteiger partial charge in [0.2, 0.25) is 5.91 Å². The van der Waals surface area contributed by atoms with Gasteiger partial charge in [-0.2, -0.15) is 0 Å². The molecule has 0 saturated heterocycles. The van der Waals surface area contributed by atoms with E-state index < -0.39 is 34.3 Å². The van der Waals surface area contributed by atoms with Gasteiger partial charge >= 0.3 is 5.97 Å². The molecule has 156 valence electrons. The van der Waals surface area contributed by atoms with Crippen LogP contribution >= 0.6 is 11.3 Å². The molecule has 1 heterocycles. The van der Waals surface area contributed by atoms with Crippen LogP contribution in [0.3, 0.4) is 0 Å². The van der Waals surface area contributed by atoms with E-state index in [9.17, 15) is 22.4 Å². The Morgan fingerprint density at radius 2 is 1.77 bits per heavy atom. The number of halogens is 1. The second-order valence-corrected chi connectivity index (χ2v) is 9.04. The van der Waals surface area contributed by atoms with E-state index in [0.29, 0.717) is 0 Å². The van der Waals surface area contributed by atoms with E-state index in [1.807, 2.05) is 0 Å². The van der Waals surface area contributed by atoms with Crippen LogP contribution in [0.5, 0.6) is 0 Å². The molecule has 0 aliphatic rings. The van der Waals surface area contributed by atoms with Crippen LogP contribution < -0.4 is 9.62 Å². The molecule has 1 aromatic heterocycles. The number of para-hydroxylation sites is 1. The van der Waals surface area contributed by atoms with Crippen molar-refractivity contribution in [3.63, 3.8) is 0 Å². The predicted octanol–water partition coefficient (Wildman–Crippen LogP) is 3.51. The van der Waals surface area contributed by atoms with Crippen molar-refractivity contribution in [3.8, 4) is 0 Å². The zero-order chi connectivity index (χ0) is 21.7. The number of nitrogens with one attached hydrogen (secondary N) is 1. The number of amides is 1. The number of esters is 1. The molecule has 0 fully saturated rings. The number of methoxy groups -OCH3 is 1. The molecule has 7 nitrogen and oxygen atoms in total. The largest absolute Gasteiger partial charge is 0.465 e. The van der Waals surface area contributed by atoms with Crippen LogP contribution in [-0.4, -0.2) is 33.9 Å². The Hall–Kier alpha value is -3.24. The molecule has 0 bridgehead atoms. The second-order valence-electron chi connectivity index (χ2n) is 6.01. The molecular weight excluding hydrogens is 431 g/mol. The van der Waals surface area contributed by atoms with Crippen molar-refractivity contribution >= 4 is 44.6 Å². The lowest BCUT2D eigenvalue weighted by Gasteiger charge is -2.23. The van der Waals surface area contributed by atoms with Crippen LogP contribution in [0.25, 0.3) is 0 Å². The highest BCUT2D eigenvalue weighted by atomic mass is 32.2. The minimum atomic E-state index is -4.07. The number of carbonyl (C=O) groups excluding carboxylic acids is 2. The van der Waals surface area contributed by atoms with Gasteiger partial charge in [0.05, 0.1) is 24.0 Å². The molecule has 0 aliphatic carbocycles. The molecular formula is C20H17FN2O5S2. The molecule has 0 spiro atoms. The van der Waals surface area contributed by atoms with Crippen LogP contribution in [-0.2, 0) is 19.6 Å². The van der Waals surface area contributed by atoms with Crippen molar-refractivity contribution in [1.29, 1.82) is 0 Å². The van der Waals surface area contributed by atoms with Crippen LogP contribution in [0.4, 0.5) is 15.8 Å². The van der Waals surface area contributed by atoms with Gasteiger partial charge in [-0.3, -0.25) is 9.10 Å². The summed E-state index contributed by atoms with van der Waals surface area (Å²) in [5, 5.41) is 4.14. The van der Waals surface area contributed by atoms with E-state index in [1.165, 1.54) is 37.4 Å². The Bertz CT molecular complexity index is 1150. The quantitative estimate of drug-likeness (QED) is 0.559. The van der Waals surface area contributed by atoms with Gasteiger partial charge in [0.15, 0.2) is 0 Å². The third-order valence-corrected chi connectivity index (χ3v) is 7.19. The number of hydrogen-bond donors (Lipinski definition) is 1. The first-order valence-corrected chi connectivity index (χ1v) is 10.9. The Labute approximate surface area is 176 Å². The molecule has 0 atom stereocenters. The summed E-state index contributed by atoms with van der Waals surface area (Å²) < 4.78 is 45.1. The van der Waals surface area contributed by atoms with E-state index >= 15 is 0 Å². The number of ether oxygens (including phenoxy) is 1. The predicted molar refractivity (Wildman–Crippen MR) is 112 cm³/mol. The molecule has 10 heteroatoms. The summed E-state index contributed by atoms with van der Waals surface area (Å²) in [6.07, 6.45) is 0. The Kier molecular flexibility index (Phi) is 6.48. The number of benzene rings is 2. The molecule has 1 amide bonds. The van der Waals surface area contributed by atoms with Crippen molar-refractivity contribution in [3.05, 3.63) is 77.4 Å². The number of thiophene rings is 1. The molecule has 3 aromatic rings. The second kappa shape index (κ2) is 9.06. The van der Waals surface area contributed by atoms with Gasteiger partial charge in [-0.15, -0.1) is 11.3 Å². The number of hydrogen-bond acceptors (Lipinski definition) is 6. The van der Waals surface area contributed by atoms with Gasteiger partial charge in [-0.1, -0.05) is 18.2 Å². The van der Waals surface area contributed by atoms with Crippen molar-refractivity contribution < 1.29 is 27.1 Å². The molecule has 1 N–H and O–H groups in total. The summed E-state index contributed by atoms with van der Waals surface area (Å²) in [5.41, 5.74) is 0.436. The maximum absolute atomic E-state index is 13.3. The van der Waals surface area contributed by atoms with Crippen LogP contribution in [0.15, 0.2) is 70.3 Å². The smallest absolute Gasteiger partial charge is 0.339 e. The third-order valence-electron chi connectivity index (χ3n) is 4.05. The fourth-order valence-electron chi connectivity index (χ4n) is 2.64. The lowest BCUT2D eigenvalue weighted by Crippen LogP contribution is -2.38. The Balaban J connectivity index is 1.92. The number of nitrogens with zero attached hydrogens (tertiary/aromatic N) is 1. The summed E-state index contributed by atoms with van der Waals surface area (Å²) >= 11 is 1.000. The molecule has 0 aliphatic heterocycles. The number of sulfonamides is 1. The highest BCUT2D eigenvalue weighted by Crippen LogP contribution is 2.27. The molecule has 0 saturated carbocycles. The SMILES string of the molecule is COC(=O)c1ccccc1NC(=O)CN(c1ccc(F)cc1)S(=O)(=O)c1cccs1. The average molecular weight is 448 g/mol. The summed E-state index contributed by atoms with van der Waals surface area (Å²) in [6.45, 7) is -0.582. The molecule has 2 aromatic carbocycles. The number of anilines is 2. The standard InChI is InChI=1S/C20H17FN2O5S2/c1-28-20(25)16-5-2-3-6-17(16)22-18(24)13-23(15-10-8-14(21)9-11-15)30(26,27)19-7-4-12-29-19/h2-12H,13H2,1H3,(H,22,24).